The number of hydrogen-bond acceptors (Lipinski definition) is 2. The van der Waals surface area contributed by atoms with Gasteiger partial charge in [0, 0.05) is 11.5 Å². The summed E-state index contributed by atoms with van der Waals surface area (Å²) >= 11 is 3.46. The fourth-order valence-corrected chi connectivity index (χ4v) is 2.28. The van der Waals surface area contributed by atoms with Gasteiger partial charge < -0.3 is 10.1 Å². The average molecular weight is 328 g/mol. The first-order valence-electron chi connectivity index (χ1n) is 6.50. The highest BCUT2D eigenvalue weighted by molar-refractivity contribution is 9.10. The second kappa shape index (κ2) is 6.94. The van der Waals surface area contributed by atoms with Gasteiger partial charge >= 0.3 is 6.09 Å². The molecule has 1 aliphatic rings. The number of carbonyl (C=O) groups excluding carboxylic acids is 1. The maximum atomic E-state index is 10.5. The Balaban J connectivity index is 0.000000192. The standard InChI is InChI=1S/C9H9Br.C6H13NO2/c10-9-5-4-7-2-1-3-8(7)6-9;1-6(2,3)9-5(8)7-4/h4-6H,1-3H2;1-4H3,(H,7,8). The van der Waals surface area contributed by atoms with Gasteiger partial charge in [-0.25, -0.2) is 4.79 Å². The van der Waals surface area contributed by atoms with E-state index in [0.29, 0.717) is 0 Å². The van der Waals surface area contributed by atoms with Crippen molar-refractivity contribution in [2.75, 3.05) is 7.05 Å². The molecule has 0 aromatic heterocycles. The van der Waals surface area contributed by atoms with Crippen molar-refractivity contribution in [2.24, 2.45) is 0 Å². The summed E-state index contributed by atoms with van der Waals surface area (Å²) in [6.07, 6.45) is 3.51. The van der Waals surface area contributed by atoms with Crippen LogP contribution >= 0.6 is 15.9 Å². The van der Waals surface area contributed by atoms with E-state index in [-0.39, 0.29) is 11.7 Å². The summed E-state index contributed by atoms with van der Waals surface area (Å²) < 4.78 is 6.05. The van der Waals surface area contributed by atoms with Gasteiger partial charge in [-0.1, -0.05) is 22.0 Å². The number of fused-ring (bicyclic) bond motifs is 1. The molecule has 1 aliphatic carbocycles. The lowest BCUT2D eigenvalue weighted by Gasteiger charge is -2.18. The number of benzene rings is 1. The number of aryl methyl sites for hydroxylation is 2. The van der Waals surface area contributed by atoms with Crippen LogP contribution in [0.1, 0.15) is 38.3 Å². The first-order valence-corrected chi connectivity index (χ1v) is 7.29. The molecule has 0 atom stereocenters. The second-order valence-electron chi connectivity index (χ2n) is 5.52. The number of halogens is 1. The van der Waals surface area contributed by atoms with Gasteiger partial charge in [-0.3, -0.25) is 0 Å². The van der Waals surface area contributed by atoms with E-state index < -0.39 is 0 Å². The number of rotatable bonds is 0. The van der Waals surface area contributed by atoms with E-state index in [1.54, 1.807) is 5.56 Å². The normalized spacial score (nSPS) is 13.1. The summed E-state index contributed by atoms with van der Waals surface area (Å²) in [4.78, 5) is 10.5. The van der Waals surface area contributed by atoms with Gasteiger partial charge in [0.25, 0.3) is 0 Å². The predicted octanol–water partition coefficient (Wildman–Crippen LogP) is 4.08. The predicted molar refractivity (Wildman–Crippen MR) is 81.5 cm³/mol. The van der Waals surface area contributed by atoms with E-state index in [4.69, 9.17) is 4.74 Å². The number of hydrogen-bond donors (Lipinski definition) is 1. The van der Waals surface area contributed by atoms with E-state index in [1.807, 2.05) is 20.8 Å². The molecular weight excluding hydrogens is 306 g/mol. The Labute approximate surface area is 123 Å². The summed E-state index contributed by atoms with van der Waals surface area (Å²) in [7, 11) is 1.54. The van der Waals surface area contributed by atoms with Crippen LogP contribution in [0.3, 0.4) is 0 Å². The highest BCUT2D eigenvalue weighted by atomic mass is 79.9. The van der Waals surface area contributed by atoms with Crippen LogP contribution in [0.5, 0.6) is 0 Å². The molecular formula is C15H22BrNO2. The van der Waals surface area contributed by atoms with Crippen LogP contribution in [0.25, 0.3) is 0 Å². The molecule has 0 unspecified atom stereocenters. The van der Waals surface area contributed by atoms with Crippen molar-refractivity contribution in [3.63, 3.8) is 0 Å². The van der Waals surface area contributed by atoms with E-state index in [1.165, 1.54) is 36.3 Å². The first-order chi connectivity index (χ1) is 8.81. The molecule has 0 heterocycles. The van der Waals surface area contributed by atoms with Gasteiger partial charge in [0.1, 0.15) is 5.60 Å². The molecule has 0 radical (unpaired) electrons. The smallest absolute Gasteiger partial charge is 0.407 e. The number of ether oxygens (including phenoxy) is 1. The third-order valence-electron chi connectivity index (χ3n) is 2.66. The van der Waals surface area contributed by atoms with Crippen LogP contribution in [0.2, 0.25) is 0 Å². The summed E-state index contributed by atoms with van der Waals surface area (Å²) in [6, 6.07) is 6.60. The monoisotopic (exact) mass is 327 g/mol. The summed E-state index contributed by atoms with van der Waals surface area (Å²) in [6.45, 7) is 5.46. The zero-order chi connectivity index (χ0) is 14.5. The summed E-state index contributed by atoms with van der Waals surface area (Å²) in [5.74, 6) is 0. The molecule has 3 nitrogen and oxygen atoms in total. The Morgan fingerprint density at radius 1 is 1.26 bits per heavy atom. The van der Waals surface area contributed by atoms with E-state index in [9.17, 15) is 4.79 Å². The number of amides is 1. The summed E-state index contributed by atoms with van der Waals surface area (Å²) in [5, 5.41) is 2.36. The van der Waals surface area contributed by atoms with Crippen LogP contribution < -0.4 is 5.32 Å². The van der Waals surface area contributed by atoms with Crippen molar-refractivity contribution in [1.29, 1.82) is 0 Å². The molecule has 2 rings (SSSR count). The minimum Gasteiger partial charge on any atom is -0.444 e. The lowest BCUT2D eigenvalue weighted by molar-refractivity contribution is 0.0541. The molecule has 1 aromatic rings. The molecule has 1 aromatic carbocycles. The largest absolute Gasteiger partial charge is 0.444 e. The Morgan fingerprint density at radius 3 is 2.42 bits per heavy atom. The zero-order valence-electron chi connectivity index (χ0n) is 12.0. The van der Waals surface area contributed by atoms with Crippen LogP contribution in [0, 0.1) is 0 Å². The average Bonchev–Trinajstić information content (AvgIpc) is 2.74. The SMILES string of the molecule is Brc1ccc2c(c1)CCC2.CNC(=O)OC(C)(C)C. The quantitative estimate of drug-likeness (QED) is 0.779. The molecule has 4 heteroatoms. The van der Waals surface area contributed by atoms with Crippen LogP contribution in [-0.2, 0) is 17.6 Å². The van der Waals surface area contributed by atoms with Crippen LogP contribution in [-0.4, -0.2) is 18.7 Å². The third-order valence-corrected chi connectivity index (χ3v) is 3.16. The molecule has 0 aliphatic heterocycles. The molecule has 1 N–H and O–H groups in total. The van der Waals surface area contributed by atoms with Gasteiger partial charge in [-0.05, 0) is 63.3 Å². The fourth-order valence-electron chi connectivity index (χ4n) is 1.87. The van der Waals surface area contributed by atoms with Gasteiger partial charge in [-0.2, -0.15) is 0 Å². The topological polar surface area (TPSA) is 38.3 Å². The van der Waals surface area contributed by atoms with Gasteiger partial charge in [0.15, 0.2) is 0 Å². The van der Waals surface area contributed by atoms with E-state index in [0.717, 1.165) is 0 Å². The molecule has 0 fully saturated rings. The number of carbonyl (C=O) groups is 1. The molecule has 106 valence electrons. The lowest BCUT2D eigenvalue weighted by atomic mass is 10.1. The molecule has 0 spiro atoms. The third kappa shape index (κ3) is 6.10. The van der Waals surface area contributed by atoms with Crippen LogP contribution in [0.15, 0.2) is 22.7 Å². The highest BCUT2D eigenvalue weighted by Crippen LogP contribution is 2.24. The highest BCUT2D eigenvalue weighted by Gasteiger charge is 2.14. The van der Waals surface area contributed by atoms with Crippen molar-refractivity contribution < 1.29 is 9.53 Å². The zero-order valence-corrected chi connectivity index (χ0v) is 13.6. The number of nitrogens with one attached hydrogen (secondary N) is 1. The molecule has 0 bridgehead atoms. The molecule has 1 amide bonds. The summed E-state index contributed by atoms with van der Waals surface area (Å²) in [5.41, 5.74) is 2.69. The Morgan fingerprint density at radius 2 is 1.89 bits per heavy atom. The minimum absolute atomic E-state index is 0.387. The second-order valence-corrected chi connectivity index (χ2v) is 6.43. The molecule has 19 heavy (non-hydrogen) atoms. The maximum absolute atomic E-state index is 10.5. The van der Waals surface area contributed by atoms with Crippen molar-refractivity contribution >= 4 is 22.0 Å². The van der Waals surface area contributed by atoms with Crippen molar-refractivity contribution in [3.8, 4) is 0 Å². The van der Waals surface area contributed by atoms with E-state index >= 15 is 0 Å². The molecule has 0 saturated heterocycles. The van der Waals surface area contributed by atoms with Gasteiger partial charge in [-0.15, -0.1) is 0 Å². The van der Waals surface area contributed by atoms with Crippen molar-refractivity contribution in [3.05, 3.63) is 33.8 Å². The van der Waals surface area contributed by atoms with Gasteiger partial charge in [0.2, 0.25) is 0 Å². The minimum atomic E-state index is -0.389. The Bertz CT molecular complexity index is 438. The van der Waals surface area contributed by atoms with Crippen molar-refractivity contribution in [2.45, 2.75) is 45.6 Å². The van der Waals surface area contributed by atoms with E-state index in [2.05, 4.69) is 39.4 Å². The fraction of sp³-hybridized carbons (Fsp3) is 0.533. The first kappa shape index (κ1) is 16.0. The van der Waals surface area contributed by atoms with Gasteiger partial charge in [0.05, 0.1) is 0 Å². The molecule has 0 saturated carbocycles. The lowest BCUT2D eigenvalue weighted by Crippen LogP contribution is -2.30. The Hall–Kier alpha value is -1.03. The Kier molecular flexibility index (Phi) is 5.85. The maximum Gasteiger partial charge on any atom is 0.407 e. The number of alkyl carbamates (subject to hydrolysis) is 1. The van der Waals surface area contributed by atoms with Crippen LogP contribution in [0.4, 0.5) is 4.79 Å². The van der Waals surface area contributed by atoms with Crippen molar-refractivity contribution in [1.82, 2.24) is 5.32 Å².